The highest BCUT2D eigenvalue weighted by molar-refractivity contribution is 7.89. The zero-order chi connectivity index (χ0) is 13.8. The fraction of sp³-hybridized carbons (Fsp3) is 0.500. The Labute approximate surface area is 108 Å². The van der Waals surface area contributed by atoms with Crippen molar-refractivity contribution in [1.82, 2.24) is 4.72 Å². The Kier molecular flexibility index (Phi) is 4.98. The Hall–Kier alpha value is -1.27. The molecule has 6 heteroatoms. The van der Waals surface area contributed by atoms with Crippen LogP contribution in [0.4, 0.5) is 5.69 Å². The van der Waals surface area contributed by atoms with Gasteiger partial charge < -0.3 is 10.5 Å². The molecule has 0 saturated carbocycles. The van der Waals surface area contributed by atoms with Crippen LogP contribution in [0.5, 0.6) is 5.75 Å². The number of ether oxygens (including phenoxy) is 1. The molecule has 0 radical (unpaired) electrons. The fourth-order valence-electron chi connectivity index (χ4n) is 1.42. The SMILES string of the molecule is CCOc1ccc(N)cc1S(=O)(=O)NC(C)CC. The van der Waals surface area contributed by atoms with Gasteiger partial charge in [0.2, 0.25) is 10.0 Å². The first-order chi connectivity index (χ1) is 8.40. The highest BCUT2D eigenvalue weighted by Crippen LogP contribution is 2.26. The summed E-state index contributed by atoms with van der Waals surface area (Å²) >= 11 is 0. The molecule has 0 aliphatic heterocycles. The third-order valence-electron chi connectivity index (χ3n) is 2.53. The number of nitrogens with one attached hydrogen (secondary N) is 1. The van der Waals surface area contributed by atoms with E-state index in [0.717, 1.165) is 0 Å². The Morgan fingerprint density at radius 2 is 2.06 bits per heavy atom. The maximum atomic E-state index is 12.2. The second-order valence-corrected chi connectivity index (χ2v) is 5.75. The van der Waals surface area contributed by atoms with Crippen LogP contribution in [0, 0.1) is 0 Å². The molecule has 5 nitrogen and oxygen atoms in total. The molecule has 0 fully saturated rings. The number of nitrogens with two attached hydrogens (primary N) is 1. The van der Waals surface area contributed by atoms with Gasteiger partial charge in [0.15, 0.2) is 0 Å². The Bertz CT molecular complexity index is 500. The van der Waals surface area contributed by atoms with Crippen molar-refractivity contribution in [1.29, 1.82) is 0 Å². The van der Waals surface area contributed by atoms with Gasteiger partial charge in [0, 0.05) is 11.7 Å². The van der Waals surface area contributed by atoms with Gasteiger partial charge in [-0.25, -0.2) is 13.1 Å². The lowest BCUT2D eigenvalue weighted by Gasteiger charge is -2.15. The van der Waals surface area contributed by atoms with Crippen molar-refractivity contribution in [3.63, 3.8) is 0 Å². The fourth-order valence-corrected chi connectivity index (χ4v) is 2.93. The molecule has 1 aromatic carbocycles. The lowest BCUT2D eigenvalue weighted by molar-refractivity contribution is 0.331. The van der Waals surface area contributed by atoms with E-state index in [1.165, 1.54) is 6.07 Å². The van der Waals surface area contributed by atoms with Gasteiger partial charge in [0.05, 0.1) is 6.61 Å². The smallest absolute Gasteiger partial charge is 0.244 e. The average molecular weight is 272 g/mol. The third kappa shape index (κ3) is 3.61. The maximum absolute atomic E-state index is 12.2. The van der Waals surface area contributed by atoms with Crippen molar-refractivity contribution < 1.29 is 13.2 Å². The molecule has 0 bridgehead atoms. The summed E-state index contributed by atoms with van der Waals surface area (Å²) in [6.45, 7) is 5.92. The quantitative estimate of drug-likeness (QED) is 0.773. The second-order valence-electron chi connectivity index (χ2n) is 4.07. The number of rotatable bonds is 6. The Morgan fingerprint density at radius 3 is 2.61 bits per heavy atom. The minimum Gasteiger partial charge on any atom is -0.492 e. The summed E-state index contributed by atoms with van der Waals surface area (Å²) in [5.41, 5.74) is 6.03. The molecule has 18 heavy (non-hydrogen) atoms. The van der Waals surface area contributed by atoms with Gasteiger partial charge in [-0.3, -0.25) is 0 Å². The molecule has 0 saturated heterocycles. The average Bonchev–Trinajstić information content (AvgIpc) is 2.31. The first-order valence-electron chi connectivity index (χ1n) is 5.95. The van der Waals surface area contributed by atoms with Gasteiger partial charge in [-0.15, -0.1) is 0 Å². The first kappa shape index (κ1) is 14.8. The van der Waals surface area contributed by atoms with Crippen LogP contribution in [-0.2, 0) is 10.0 Å². The van der Waals surface area contributed by atoms with Crippen molar-refractivity contribution in [3.8, 4) is 5.75 Å². The lowest BCUT2D eigenvalue weighted by Crippen LogP contribution is -2.32. The molecule has 1 rings (SSSR count). The number of benzene rings is 1. The van der Waals surface area contributed by atoms with E-state index < -0.39 is 10.0 Å². The molecule has 0 aliphatic rings. The molecular formula is C12H20N2O3S. The maximum Gasteiger partial charge on any atom is 0.244 e. The van der Waals surface area contributed by atoms with Crippen LogP contribution in [0.3, 0.4) is 0 Å². The highest BCUT2D eigenvalue weighted by atomic mass is 32.2. The van der Waals surface area contributed by atoms with Crippen LogP contribution in [0.25, 0.3) is 0 Å². The standard InChI is InChI=1S/C12H20N2O3S/c1-4-9(3)14-18(15,16)12-8-10(13)6-7-11(12)17-5-2/h6-9,14H,4-5,13H2,1-3H3. The monoisotopic (exact) mass is 272 g/mol. The Morgan fingerprint density at radius 1 is 1.39 bits per heavy atom. The number of anilines is 1. The van der Waals surface area contributed by atoms with Crippen molar-refractivity contribution >= 4 is 15.7 Å². The largest absolute Gasteiger partial charge is 0.492 e. The van der Waals surface area contributed by atoms with Gasteiger partial charge in [-0.05, 0) is 38.5 Å². The minimum absolute atomic E-state index is 0.0876. The first-order valence-corrected chi connectivity index (χ1v) is 7.43. The zero-order valence-corrected chi connectivity index (χ0v) is 11.8. The molecule has 3 N–H and O–H groups in total. The number of sulfonamides is 1. The minimum atomic E-state index is -3.60. The molecule has 0 amide bonds. The number of hydrogen-bond acceptors (Lipinski definition) is 4. The van der Waals surface area contributed by atoms with E-state index in [-0.39, 0.29) is 10.9 Å². The van der Waals surface area contributed by atoms with Crippen molar-refractivity contribution in [2.24, 2.45) is 0 Å². The van der Waals surface area contributed by atoms with E-state index in [4.69, 9.17) is 10.5 Å². The zero-order valence-electron chi connectivity index (χ0n) is 10.9. The molecule has 0 spiro atoms. The van der Waals surface area contributed by atoms with Crippen LogP contribution in [0.2, 0.25) is 0 Å². The van der Waals surface area contributed by atoms with Crippen molar-refractivity contribution in [3.05, 3.63) is 18.2 Å². The molecule has 0 aromatic heterocycles. The summed E-state index contributed by atoms with van der Waals surface area (Å²) in [6.07, 6.45) is 0.714. The molecule has 1 aromatic rings. The second kappa shape index (κ2) is 6.06. The van der Waals surface area contributed by atoms with Gasteiger partial charge in [0.1, 0.15) is 10.6 Å². The van der Waals surface area contributed by atoms with E-state index in [1.807, 2.05) is 13.8 Å². The summed E-state index contributed by atoms with van der Waals surface area (Å²) in [7, 11) is -3.60. The molecule has 0 heterocycles. The predicted molar refractivity (Wildman–Crippen MR) is 72.1 cm³/mol. The van der Waals surface area contributed by atoms with Crippen LogP contribution in [0.1, 0.15) is 27.2 Å². The van der Waals surface area contributed by atoms with E-state index >= 15 is 0 Å². The molecular weight excluding hydrogens is 252 g/mol. The lowest BCUT2D eigenvalue weighted by atomic mass is 10.3. The van der Waals surface area contributed by atoms with Gasteiger partial charge in [-0.1, -0.05) is 6.92 Å². The van der Waals surface area contributed by atoms with Gasteiger partial charge in [-0.2, -0.15) is 0 Å². The third-order valence-corrected chi connectivity index (χ3v) is 4.14. The topological polar surface area (TPSA) is 81.4 Å². The van der Waals surface area contributed by atoms with E-state index in [0.29, 0.717) is 24.5 Å². The predicted octanol–water partition coefficient (Wildman–Crippen LogP) is 1.74. The van der Waals surface area contributed by atoms with Gasteiger partial charge in [0.25, 0.3) is 0 Å². The molecule has 0 aliphatic carbocycles. The van der Waals surface area contributed by atoms with Crippen LogP contribution in [0.15, 0.2) is 23.1 Å². The molecule has 1 unspecified atom stereocenters. The number of nitrogen functional groups attached to an aromatic ring is 1. The van der Waals surface area contributed by atoms with E-state index in [2.05, 4.69) is 4.72 Å². The van der Waals surface area contributed by atoms with Crippen molar-refractivity contribution in [2.45, 2.75) is 38.1 Å². The van der Waals surface area contributed by atoms with Crippen molar-refractivity contribution in [2.75, 3.05) is 12.3 Å². The van der Waals surface area contributed by atoms with Crippen LogP contribution < -0.4 is 15.2 Å². The summed E-state index contributed by atoms with van der Waals surface area (Å²) in [4.78, 5) is 0.0876. The molecule has 102 valence electrons. The van der Waals surface area contributed by atoms with E-state index in [1.54, 1.807) is 19.1 Å². The van der Waals surface area contributed by atoms with E-state index in [9.17, 15) is 8.42 Å². The summed E-state index contributed by atoms with van der Waals surface area (Å²) in [5, 5.41) is 0. The summed E-state index contributed by atoms with van der Waals surface area (Å²) in [5.74, 6) is 0.322. The highest BCUT2D eigenvalue weighted by Gasteiger charge is 2.21. The van der Waals surface area contributed by atoms with Crippen LogP contribution in [-0.4, -0.2) is 21.1 Å². The van der Waals surface area contributed by atoms with Gasteiger partial charge >= 0.3 is 0 Å². The molecule has 1 atom stereocenters. The Balaban J connectivity index is 3.17. The summed E-state index contributed by atoms with van der Waals surface area (Å²) < 4.78 is 32.3. The number of hydrogen-bond donors (Lipinski definition) is 2. The van der Waals surface area contributed by atoms with Crippen LogP contribution >= 0.6 is 0 Å². The normalized spacial score (nSPS) is 13.3. The summed E-state index contributed by atoms with van der Waals surface area (Å²) in [6, 6.07) is 4.47.